The summed E-state index contributed by atoms with van der Waals surface area (Å²) in [7, 11) is 0. The summed E-state index contributed by atoms with van der Waals surface area (Å²) < 4.78 is 5.41. The van der Waals surface area contributed by atoms with Crippen LogP contribution < -0.4 is 10.1 Å². The third-order valence-corrected chi connectivity index (χ3v) is 4.13. The molecule has 144 valence electrons. The third kappa shape index (κ3) is 6.61. The Kier molecular flexibility index (Phi) is 8.14. The molecule has 5 nitrogen and oxygen atoms in total. The summed E-state index contributed by atoms with van der Waals surface area (Å²) in [5.41, 5.74) is 1.24. The van der Waals surface area contributed by atoms with Gasteiger partial charge < -0.3 is 15.0 Å². The van der Waals surface area contributed by atoms with Gasteiger partial charge in [-0.05, 0) is 61.4 Å². The van der Waals surface area contributed by atoms with E-state index in [9.17, 15) is 9.59 Å². The van der Waals surface area contributed by atoms with Gasteiger partial charge >= 0.3 is 0 Å². The number of rotatable bonds is 9. The Balaban J connectivity index is 1.89. The number of halogens is 1. The SMILES string of the molecule is CCCN(CCC)C(=O)c1ccc(NC(=O)COc2ccc(Cl)cc2)cc1. The highest BCUT2D eigenvalue weighted by molar-refractivity contribution is 6.30. The van der Waals surface area contributed by atoms with Crippen molar-refractivity contribution in [3.05, 3.63) is 59.1 Å². The predicted octanol–water partition coefficient (Wildman–Crippen LogP) is 4.62. The first-order chi connectivity index (χ1) is 13.0. The normalized spacial score (nSPS) is 10.3. The zero-order valence-electron chi connectivity index (χ0n) is 15.7. The molecule has 0 aliphatic rings. The molecule has 0 spiro atoms. The van der Waals surface area contributed by atoms with Crippen molar-refractivity contribution in [1.82, 2.24) is 4.90 Å². The molecule has 0 saturated heterocycles. The average Bonchev–Trinajstić information content (AvgIpc) is 2.67. The topological polar surface area (TPSA) is 58.6 Å². The monoisotopic (exact) mass is 388 g/mol. The molecule has 0 aliphatic heterocycles. The maximum Gasteiger partial charge on any atom is 0.262 e. The Bertz CT molecular complexity index is 739. The van der Waals surface area contributed by atoms with Crippen LogP contribution in [-0.4, -0.2) is 36.4 Å². The van der Waals surface area contributed by atoms with Gasteiger partial charge in [0.2, 0.25) is 0 Å². The molecular formula is C21H25ClN2O3. The first-order valence-corrected chi connectivity index (χ1v) is 9.48. The van der Waals surface area contributed by atoms with E-state index in [0.717, 1.165) is 25.9 Å². The van der Waals surface area contributed by atoms with Crippen molar-refractivity contribution in [3.63, 3.8) is 0 Å². The molecule has 0 aliphatic carbocycles. The predicted molar refractivity (Wildman–Crippen MR) is 109 cm³/mol. The van der Waals surface area contributed by atoms with Crippen LogP contribution >= 0.6 is 11.6 Å². The lowest BCUT2D eigenvalue weighted by molar-refractivity contribution is -0.118. The molecule has 0 unspecified atom stereocenters. The molecule has 2 amide bonds. The Morgan fingerprint density at radius 2 is 1.56 bits per heavy atom. The number of nitrogens with zero attached hydrogens (tertiary/aromatic N) is 1. The summed E-state index contributed by atoms with van der Waals surface area (Å²) in [4.78, 5) is 26.4. The molecule has 2 aromatic rings. The number of nitrogens with one attached hydrogen (secondary N) is 1. The first kappa shape index (κ1) is 20.8. The fourth-order valence-corrected chi connectivity index (χ4v) is 2.74. The van der Waals surface area contributed by atoms with Crippen LogP contribution in [0.1, 0.15) is 37.0 Å². The largest absolute Gasteiger partial charge is 0.484 e. The average molecular weight is 389 g/mol. The van der Waals surface area contributed by atoms with Gasteiger partial charge in [0.25, 0.3) is 11.8 Å². The molecule has 6 heteroatoms. The molecule has 0 fully saturated rings. The van der Waals surface area contributed by atoms with E-state index in [-0.39, 0.29) is 18.4 Å². The number of amides is 2. The van der Waals surface area contributed by atoms with Crippen LogP contribution in [0.25, 0.3) is 0 Å². The number of hydrogen-bond acceptors (Lipinski definition) is 3. The molecule has 0 radical (unpaired) electrons. The Morgan fingerprint density at radius 1 is 0.963 bits per heavy atom. The maximum atomic E-state index is 12.6. The van der Waals surface area contributed by atoms with E-state index in [4.69, 9.17) is 16.3 Å². The Labute approximate surface area is 165 Å². The minimum atomic E-state index is -0.275. The molecule has 0 bridgehead atoms. The van der Waals surface area contributed by atoms with Crippen LogP contribution in [-0.2, 0) is 4.79 Å². The third-order valence-electron chi connectivity index (χ3n) is 3.87. The first-order valence-electron chi connectivity index (χ1n) is 9.11. The van der Waals surface area contributed by atoms with Gasteiger partial charge in [-0.3, -0.25) is 9.59 Å². The summed E-state index contributed by atoms with van der Waals surface area (Å²) in [5, 5.41) is 3.36. The van der Waals surface area contributed by atoms with Crippen LogP contribution in [0.5, 0.6) is 5.75 Å². The number of benzene rings is 2. The van der Waals surface area contributed by atoms with Crippen molar-refractivity contribution >= 4 is 29.1 Å². The van der Waals surface area contributed by atoms with E-state index in [1.165, 1.54) is 0 Å². The van der Waals surface area contributed by atoms with Crippen LogP contribution in [0.2, 0.25) is 5.02 Å². The summed E-state index contributed by atoms with van der Waals surface area (Å²) in [6.45, 7) is 5.49. The summed E-state index contributed by atoms with van der Waals surface area (Å²) >= 11 is 5.81. The van der Waals surface area contributed by atoms with Crippen molar-refractivity contribution in [2.75, 3.05) is 25.0 Å². The van der Waals surface area contributed by atoms with Crippen molar-refractivity contribution in [2.45, 2.75) is 26.7 Å². The fourth-order valence-electron chi connectivity index (χ4n) is 2.61. The number of carbonyl (C=O) groups excluding carboxylic acids is 2. The minimum absolute atomic E-state index is 0.0163. The Hall–Kier alpha value is -2.53. The van der Waals surface area contributed by atoms with Gasteiger partial charge in [-0.25, -0.2) is 0 Å². The second kappa shape index (κ2) is 10.6. The maximum absolute atomic E-state index is 12.6. The highest BCUT2D eigenvalue weighted by Gasteiger charge is 2.14. The van der Waals surface area contributed by atoms with Crippen LogP contribution in [0.4, 0.5) is 5.69 Å². The van der Waals surface area contributed by atoms with Crippen molar-refractivity contribution in [2.24, 2.45) is 0 Å². The highest BCUT2D eigenvalue weighted by Crippen LogP contribution is 2.16. The summed E-state index contributed by atoms with van der Waals surface area (Å²) in [5.74, 6) is 0.313. The van der Waals surface area contributed by atoms with Gasteiger partial charge in [0, 0.05) is 29.4 Å². The lowest BCUT2D eigenvalue weighted by Crippen LogP contribution is -2.32. The van der Waals surface area contributed by atoms with E-state index in [0.29, 0.717) is 22.0 Å². The van der Waals surface area contributed by atoms with E-state index in [2.05, 4.69) is 19.2 Å². The zero-order valence-corrected chi connectivity index (χ0v) is 16.5. The molecule has 2 aromatic carbocycles. The number of carbonyl (C=O) groups is 2. The second-order valence-corrected chi connectivity index (χ2v) is 6.60. The van der Waals surface area contributed by atoms with E-state index in [1.54, 1.807) is 48.5 Å². The van der Waals surface area contributed by atoms with Crippen LogP contribution in [0.3, 0.4) is 0 Å². The van der Waals surface area contributed by atoms with Crippen LogP contribution in [0, 0.1) is 0 Å². The molecule has 0 saturated carbocycles. The van der Waals surface area contributed by atoms with Gasteiger partial charge in [0.15, 0.2) is 6.61 Å². The van der Waals surface area contributed by atoms with Crippen molar-refractivity contribution in [1.29, 1.82) is 0 Å². The molecular weight excluding hydrogens is 364 g/mol. The summed E-state index contributed by atoms with van der Waals surface area (Å²) in [6.07, 6.45) is 1.85. The van der Waals surface area contributed by atoms with Gasteiger partial charge in [0.05, 0.1) is 0 Å². The van der Waals surface area contributed by atoms with E-state index in [1.807, 2.05) is 4.90 Å². The quantitative estimate of drug-likeness (QED) is 0.681. The van der Waals surface area contributed by atoms with E-state index < -0.39 is 0 Å². The fraction of sp³-hybridized carbons (Fsp3) is 0.333. The minimum Gasteiger partial charge on any atom is -0.484 e. The molecule has 1 N–H and O–H groups in total. The van der Waals surface area contributed by atoms with Gasteiger partial charge in [-0.15, -0.1) is 0 Å². The van der Waals surface area contributed by atoms with Gasteiger partial charge in [0.1, 0.15) is 5.75 Å². The van der Waals surface area contributed by atoms with Crippen molar-refractivity contribution < 1.29 is 14.3 Å². The zero-order chi connectivity index (χ0) is 19.6. The summed E-state index contributed by atoms with van der Waals surface area (Å²) in [6, 6.07) is 13.7. The van der Waals surface area contributed by atoms with Gasteiger partial charge in [-0.2, -0.15) is 0 Å². The molecule has 0 heterocycles. The molecule has 0 aromatic heterocycles. The van der Waals surface area contributed by atoms with Crippen molar-refractivity contribution in [3.8, 4) is 5.75 Å². The molecule has 27 heavy (non-hydrogen) atoms. The standard InChI is InChI=1S/C21H25ClN2O3/c1-3-13-24(14-4-2)21(26)16-5-9-18(10-6-16)23-20(25)15-27-19-11-7-17(22)8-12-19/h5-12H,3-4,13-15H2,1-2H3,(H,23,25). The van der Waals surface area contributed by atoms with Gasteiger partial charge in [-0.1, -0.05) is 25.4 Å². The lowest BCUT2D eigenvalue weighted by atomic mass is 10.1. The number of anilines is 1. The second-order valence-electron chi connectivity index (χ2n) is 6.16. The Morgan fingerprint density at radius 3 is 2.11 bits per heavy atom. The molecule has 0 atom stereocenters. The number of hydrogen-bond donors (Lipinski definition) is 1. The van der Waals surface area contributed by atoms with Crippen LogP contribution in [0.15, 0.2) is 48.5 Å². The smallest absolute Gasteiger partial charge is 0.262 e. The lowest BCUT2D eigenvalue weighted by Gasteiger charge is -2.21. The van der Waals surface area contributed by atoms with E-state index >= 15 is 0 Å². The highest BCUT2D eigenvalue weighted by atomic mass is 35.5. The number of ether oxygens (including phenoxy) is 1. The molecule has 2 rings (SSSR count).